The Bertz CT molecular complexity index is 324. The molecular weight excluding hydrogens is 200 g/mol. The monoisotopic (exact) mass is 220 g/mol. The molecule has 3 nitrogen and oxygen atoms in total. The summed E-state index contributed by atoms with van der Waals surface area (Å²) in [6, 6.07) is 8.94. The van der Waals surface area contributed by atoms with Crippen molar-refractivity contribution in [2.45, 2.75) is 25.8 Å². The highest BCUT2D eigenvalue weighted by Crippen LogP contribution is 2.12. The summed E-state index contributed by atoms with van der Waals surface area (Å²) in [4.78, 5) is 13.7. The van der Waals surface area contributed by atoms with Crippen LogP contribution < -0.4 is 5.73 Å². The molecule has 1 amide bonds. The summed E-state index contributed by atoms with van der Waals surface area (Å²) >= 11 is 0. The smallest absolute Gasteiger partial charge is 0.243 e. The maximum atomic E-state index is 12.0. The number of amides is 1. The van der Waals surface area contributed by atoms with E-state index in [0.717, 1.165) is 24.9 Å². The summed E-state index contributed by atoms with van der Waals surface area (Å²) in [6.45, 7) is 2.88. The van der Waals surface area contributed by atoms with Gasteiger partial charge in [0, 0.05) is 13.6 Å². The third-order valence-electron chi connectivity index (χ3n) is 2.65. The molecule has 1 atom stereocenters. The average Bonchev–Trinajstić information content (AvgIpc) is 2.35. The number of rotatable bonds is 5. The Morgan fingerprint density at radius 3 is 2.56 bits per heavy atom. The van der Waals surface area contributed by atoms with Gasteiger partial charge in [-0.25, -0.2) is 0 Å². The molecule has 1 rings (SSSR count). The van der Waals surface area contributed by atoms with Crippen LogP contribution >= 0.6 is 0 Å². The van der Waals surface area contributed by atoms with Gasteiger partial charge >= 0.3 is 0 Å². The van der Waals surface area contributed by atoms with Gasteiger partial charge in [-0.05, 0) is 12.0 Å². The number of carbonyl (C=O) groups is 1. The quantitative estimate of drug-likeness (QED) is 0.824. The fourth-order valence-electron chi connectivity index (χ4n) is 1.55. The Hall–Kier alpha value is -1.35. The summed E-state index contributed by atoms with van der Waals surface area (Å²) < 4.78 is 0. The summed E-state index contributed by atoms with van der Waals surface area (Å²) in [6.07, 6.45) is 2.10. The van der Waals surface area contributed by atoms with E-state index in [1.807, 2.05) is 30.3 Å². The summed E-state index contributed by atoms with van der Waals surface area (Å²) in [5.74, 6) is -0.0142. The van der Waals surface area contributed by atoms with Crippen LogP contribution in [0, 0.1) is 0 Å². The minimum Gasteiger partial charge on any atom is -0.344 e. The standard InChI is InChI=1S/C13H20N2O/c1-3-4-10-15(2)13(16)12(14)11-8-6-5-7-9-11/h5-9,12H,3-4,10,14H2,1-2H3. The number of nitrogens with two attached hydrogens (primary N) is 1. The van der Waals surface area contributed by atoms with Crippen LogP contribution in [0.5, 0.6) is 0 Å². The van der Waals surface area contributed by atoms with E-state index in [4.69, 9.17) is 5.73 Å². The number of likely N-dealkylation sites (N-methyl/N-ethyl adjacent to an activating group) is 1. The number of unbranched alkanes of at least 4 members (excludes halogenated alkanes) is 1. The minimum absolute atomic E-state index is 0.0142. The molecule has 3 heteroatoms. The van der Waals surface area contributed by atoms with Crippen LogP contribution in [0.15, 0.2) is 30.3 Å². The number of carbonyl (C=O) groups excluding carboxylic acids is 1. The van der Waals surface area contributed by atoms with Crippen LogP contribution in [-0.2, 0) is 4.79 Å². The van der Waals surface area contributed by atoms with E-state index in [9.17, 15) is 4.79 Å². The lowest BCUT2D eigenvalue weighted by Gasteiger charge is -2.21. The molecule has 16 heavy (non-hydrogen) atoms. The number of hydrogen-bond acceptors (Lipinski definition) is 2. The van der Waals surface area contributed by atoms with Crippen molar-refractivity contribution in [3.8, 4) is 0 Å². The van der Waals surface area contributed by atoms with Gasteiger partial charge in [0.25, 0.3) is 0 Å². The van der Waals surface area contributed by atoms with Crippen molar-refractivity contribution in [3.63, 3.8) is 0 Å². The van der Waals surface area contributed by atoms with Crippen molar-refractivity contribution >= 4 is 5.91 Å². The highest BCUT2D eigenvalue weighted by molar-refractivity contribution is 5.82. The van der Waals surface area contributed by atoms with Crippen molar-refractivity contribution in [1.82, 2.24) is 4.90 Å². The van der Waals surface area contributed by atoms with Crippen LogP contribution in [0.3, 0.4) is 0 Å². The van der Waals surface area contributed by atoms with Crippen molar-refractivity contribution in [2.24, 2.45) is 5.73 Å². The van der Waals surface area contributed by atoms with Gasteiger partial charge in [-0.3, -0.25) is 4.79 Å². The molecule has 1 aromatic carbocycles. The van der Waals surface area contributed by atoms with E-state index < -0.39 is 6.04 Å². The van der Waals surface area contributed by atoms with Crippen molar-refractivity contribution in [2.75, 3.05) is 13.6 Å². The Labute approximate surface area is 97.2 Å². The molecule has 0 radical (unpaired) electrons. The van der Waals surface area contributed by atoms with Gasteiger partial charge in [-0.15, -0.1) is 0 Å². The second kappa shape index (κ2) is 6.28. The van der Waals surface area contributed by atoms with Crippen LogP contribution in [-0.4, -0.2) is 24.4 Å². The largest absolute Gasteiger partial charge is 0.344 e. The predicted molar refractivity (Wildman–Crippen MR) is 65.9 cm³/mol. The molecule has 0 saturated carbocycles. The van der Waals surface area contributed by atoms with E-state index in [-0.39, 0.29) is 5.91 Å². The molecule has 0 aliphatic carbocycles. The number of hydrogen-bond donors (Lipinski definition) is 1. The van der Waals surface area contributed by atoms with Crippen LogP contribution in [0.2, 0.25) is 0 Å². The lowest BCUT2D eigenvalue weighted by atomic mass is 10.1. The number of nitrogens with zero attached hydrogens (tertiary/aromatic N) is 1. The molecule has 1 unspecified atom stereocenters. The highest BCUT2D eigenvalue weighted by atomic mass is 16.2. The van der Waals surface area contributed by atoms with Gasteiger partial charge in [-0.1, -0.05) is 43.7 Å². The minimum atomic E-state index is -0.539. The van der Waals surface area contributed by atoms with Gasteiger partial charge in [0.15, 0.2) is 0 Å². The van der Waals surface area contributed by atoms with Gasteiger partial charge < -0.3 is 10.6 Å². The lowest BCUT2D eigenvalue weighted by Crippen LogP contribution is -2.36. The third-order valence-corrected chi connectivity index (χ3v) is 2.65. The summed E-state index contributed by atoms with van der Waals surface area (Å²) in [7, 11) is 1.81. The molecule has 0 heterocycles. The molecule has 0 bridgehead atoms. The molecule has 0 aliphatic rings. The van der Waals surface area contributed by atoms with E-state index in [1.165, 1.54) is 0 Å². The van der Waals surface area contributed by atoms with Crippen molar-refractivity contribution < 1.29 is 4.79 Å². The van der Waals surface area contributed by atoms with E-state index >= 15 is 0 Å². The van der Waals surface area contributed by atoms with E-state index in [0.29, 0.717) is 0 Å². The fourth-order valence-corrected chi connectivity index (χ4v) is 1.55. The van der Waals surface area contributed by atoms with E-state index in [1.54, 1.807) is 11.9 Å². The van der Waals surface area contributed by atoms with Gasteiger partial charge in [-0.2, -0.15) is 0 Å². The SMILES string of the molecule is CCCCN(C)C(=O)C(N)c1ccccc1. The fraction of sp³-hybridized carbons (Fsp3) is 0.462. The Morgan fingerprint density at radius 1 is 1.38 bits per heavy atom. The summed E-state index contributed by atoms with van der Waals surface area (Å²) in [5.41, 5.74) is 6.79. The summed E-state index contributed by atoms with van der Waals surface area (Å²) in [5, 5.41) is 0. The molecule has 0 saturated heterocycles. The van der Waals surface area contributed by atoms with Gasteiger partial charge in [0.2, 0.25) is 5.91 Å². The first-order valence-electron chi connectivity index (χ1n) is 5.72. The van der Waals surface area contributed by atoms with Crippen molar-refractivity contribution in [1.29, 1.82) is 0 Å². The molecule has 0 spiro atoms. The normalized spacial score (nSPS) is 12.2. The second-order valence-corrected chi connectivity index (χ2v) is 4.00. The zero-order chi connectivity index (χ0) is 12.0. The van der Waals surface area contributed by atoms with Crippen LogP contribution in [0.25, 0.3) is 0 Å². The zero-order valence-electron chi connectivity index (χ0n) is 10.0. The zero-order valence-corrected chi connectivity index (χ0v) is 10.0. The second-order valence-electron chi connectivity index (χ2n) is 4.00. The molecule has 88 valence electrons. The first-order chi connectivity index (χ1) is 7.66. The number of benzene rings is 1. The first-order valence-corrected chi connectivity index (χ1v) is 5.72. The first kappa shape index (κ1) is 12.7. The van der Waals surface area contributed by atoms with Crippen LogP contribution in [0.1, 0.15) is 31.4 Å². The van der Waals surface area contributed by atoms with Gasteiger partial charge in [0.1, 0.15) is 6.04 Å². The maximum absolute atomic E-state index is 12.0. The molecule has 0 fully saturated rings. The molecule has 2 N–H and O–H groups in total. The predicted octanol–water partition coefficient (Wildman–Crippen LogP) is 1.94. The molecule has 0 aliphatic heterocycles. The molecular formula is C13H20N2O. The average molecular weight is 220 g/mol. The van der Waals surface area contributed by atoms with Crippen LogP contribution in [0.4, 0.5) is 0 Å². The van der Waals surface area contributed by atoms with Gasteiger partial charge in [0.05, 0.1) is 0 Å². The van der Waals surface area contributed by atoms with Crippen molar-refractivity contribution in [3.05, 3.63) is 35.9 Å². The maximum Gasteiger partial charge on any atom is 0.243 e. The highest BCUT2D eigenvalue weighted by Gasteiger charge is 2.18. The molecule has 1 aromatic rings. The topological polar surface area (TPSA) is 46.3 Å². The Morgan fingerprint density at radius 2 is 2.00 bits per heavy atom. The Balaban J connectivity index is 2.60. The molecule has 0 aromatic heterocycles. The lowest BCUT2D eigenvalue weighted by molar-refractivity contribution is -0.131. The van der Waals surface area contributed by atoms with E-state index in [2.05, 4.69) is 6.92 Å². The third kappa shape index (κ3) is 3.35. The Kier molecular flexibility index (Phi) is 4.99.